The van der Waals surface area contributed by atoms with Crippen LogP contribution in [0.25, 0.3) is 10.8 Å². The van der Waals surface area contributed by atoms with E-state index in [1.807, 2.05) is 11.8 Å². The number of nitrogens with one attached hydrogen (secondary N) is 1. The van der Waals surface area contributed by atoms with Gasteiger partial charge in [0.25, 0.3) is 0 Å². The normalized spacial score (nSPS) is 23.1. The summed E-state index contributed by atoms with van der Waals surface area (Å²) >= 11 is 1.94. The van der Waals surface area contributed by atoms with Crippen LogP contribution in [0.15, 0.2) is 47.4 Å². The third kappa shape index (κ3) is 3.17. The number of rotatable bonds is 4. The second kappa shape index (κ2) is 6.61. The highest BCUT2D eigenvalue weighted by atomic mass is 32.2. The zero-order valence-corrected chi connectivity index (χ0v) is 12.7. The van der Waals surface area contributed by atoms with Gasteiger partial charge >= 0.3 is 0 Å². The maximum atomic E-state index is 5.66. The number of benzene rings is 2. The van der Waals surface area contributed by atoms with Crippen molar-refractivity contribution in [2.45, 2.75) is 29.5 Å². The molecule has 1 aliphatic rings. The molecule has 2 unspecified atom stereocenters. The summed E-state index contributed by atoms with van der Waals surface area (Å²) in [6.45, 7) is 4.92. The van der Waals surface area contributed by atoms with Crippen LogP contribution in [0.5, 0.6) is 0 Å². The van der Waals surface area contributed by atoms with Crippen molar-refractivity contribution in [2.24, 2.45) is 0 Å². The number of ether oxygens (including phenoxy) is 1. The van der Waals surface area contributed by atoms with Crippen LogP contribution in [0, 0.1) is 0 Å². The summed E-state index contributed by atoms with van der Waals surface area (Å²) in [5.41, 5.74) is 0. The zero-order valence-electron chi connectivity index (χ0n) is 11.8. The van der Waals surface area contributed by atoms with Gasteiger partial charge in [-0.1, -0.05) is 37.3 Å². The van der Waals surface area contributed by atoms with Gasteiger partial charge in [-0.3, -0.25) is 0 Å². The Hall–Kier alpha value is -1.03. The predicted molar refractivity (Wildman–Crippen MR) is 86.5 cm³/mol. The lowest BCUT2D eigenvalue weighted by Gasteiger charge is -2.31. The first-order valence-electron chi connectivity index (χ1n) is 7.33. The molecule has 2 nitrogen and oxygen atoms in total. The largest absolute Gasteiger partial charge is 0.380 e. The van der Waals surface area contributed by atoms with E-state index in [4.69, 9.17) is 4.74 Å². The van der Waals surface area contributed by atoms with Gasteiger partial charge in [-0.05, 0) is 35.9 Å². The number of fused-ring (bicyclic) bond motifs is 1. The molecule has 2 aromatic carbocycles. The van der Waals surface area contributed by atoms with E-state index >= 15 is 0 Å². The number of thioether (sulfide) groups is 1. The molecule has 1 aliphatic heterocycles. The lowest BCUT2D eigenvalue weighted by Crippen LogP contribution is -2.44. The Balaban J connectivity index is 1.77. The Bertz CT molecular complexity index is 570. The predicted octanol–water partition coefficient (Wildman–Crippen LogP) is 3.70. The monoisotopic (exact) mass is 287 g/mol. The number of hydrogen-bond acceptors (Lipinski definition) is 3. The highest BCUT2D eigenvalue weighted by Crippen LogP contribution is 2.31. The summed E-state index contributed by atoms with van der Waals surface area (Å²) in [4.78, 5) is 1.34. The molecule has 106 valence electrons. The van der Waals surface area contributed by atoms with Crippen LogP contribution in [-0.4, -0.2) is 31.1 Å². The van der Waals surface area contributed by atoms with Crippen molar-refractivity contribution < 1.29 is 4.74 Å². The molecular weight excluding hydrogens is 266 g/mol. The van der Waals surface area contributed by atoms with E-state index in [1.54, 1.807) is 0 Å². The SMILES string of the molecule is CCNC1CCOCC1Sc1ccc2ccccc2c1. The minimum atomic E-state index is 0.505. The van der Waals surface area contributed by atoms with Crippen LogP contribution in [0.2, 0.25) is 0 Å². The third-order valence-electron chi connectivity index (χ3n) is 3.78. The molecule has 3 heteroatoms. The third-order valence-corrected chi connectivity index (χ3v) is 5.07. The van der Waals surface area contributed by atoms with Crippen molar-refractivity contribution in [3.8, 4) is 0 Å². The molecule has 0 amide bonds. The topological polar surface area (TPSA) is 21.3 Å². The number of hydrogen-bond donors (Lipinski definition) is 1. The van der Waals surface area contributed by atoms with E-state index in [2.05, 4.69) is 54.7 Å². The molecule has 1 heterocycles. The van der Waals surface area contributed by atoms with E-state index in [0.29, 0.717) is 11.3 Å². The van der Waals surface area contributed by atoms with Gasteiger partial charge in [0.1, 0.15) is 0 Å². The van der Waals surface area contributed by atoms with Gasteiger partial charge in [0, 0.05) is 22.8 Å². The summed E-state index contributed by atoms with van der Waals surface area (Å²) in [5.74, 6) is 0. The maximum Gasteiger partial charge on any atom is 0.0603 e. The van der Waals surface area contributed by atoms with Gasteiger partial charge in [-0.2, -0.15) is 0 Å². The molecule has 2 atom stereocenters. The van der Waals surface area contributed by atoms with E-state index in [9.17, 15) is 0 Å². The molecule has 0 saturated carbocycles. The van der Waals surface area contributed by atoms with Crippen molar-refractivity contribution in [2.75, 3.05) is 19.8 Å². The van der Waals surface area contributed by atoms with E-state index in [1.165, 1.54) is 15.7 Å². The summed E-state index contributed by atoms with van der Waals surface area (Å²) in [7, 11) is 0. The lowest BCUT2D eigenvalue weighted by molar-refractivity contribution is 0.0837. The van der Waals surface area contributed by atoms with Gasteiger partial charge in [0.05, 0.1) is 6.61 Å². The second-order valence-electron chi connectivity index (χ2n) is 5.19. The molecule has 0 aromatic heterocycles. The van der Waals surface area contributed by atoms with Gasteiger partial charge in [-0.15, -0.1) is 11.8 Å². The Morgan fingerprint density at radius 3 is 2.90 bits per heavy atom. The molecule has 0 radical (unpaired) electrons. The van der Waals surface area contributed by atoms with Gasteiger partial charge < -0.3 is 10.1 Å². The average Bonchev–Trinajstić information content (AvgIpc) is 2.49. The van der Waals surface area contributed by atoms with Crippen LogP contribution in [0.3, 0.4) is 0 Å². The minimum absolute atomic E-state index is 0.505. The van der Waals surface area contributed by atoms with E-state index in [0.717, 1.165) is 26.2 Å². The van der Waals surface area contributed by atoms with Gasteiger partial charge in [0.15, 0.2) is 0 Å². The molecule has 1 saturated heterocycles. The summed E-state index contributed by atoms with van der Waals surface area (Å²) in [6, 6.07) is 15.8. The fourth-order valence-corrected chi connectivity index (χ4v) is 3.99. The maximum absolute atomic E-state index is 5.66. The summed E-state index contributed by atoms with van der Waals surface area (Å²) in [5, 5.41) is 6.72. The Kier molecular flexibility index (Phi) is 4.61. The molecule has 20 heavy (non-hydrogen) atoms. The minimum Gasteiger partial charge on any atom is -0.380 e. The highest BCUT2D eigenvalue weighted by molar-refractivity contribution is 8.00. The Morgan fingerprint density at radius 1 is 1.20 bits per heavy atom. The van der Waals surface area contributed by atoms with Crippen LogP contribution in [0.1, 0.15) is 13.3 Å². The van der Waals surface area contributed by atoms with Gasteiger partial charge in [-0.25, -0.2) is 0 Å². The fraction of sp³-hybridized carbons (Fsp3) is 0.412. The molecular formula is C17H21NOS. The van der Waals surface area contributed by atoms with Crippen molar-refractivity contribution in [1.82, 2.24) is 5.32 Å². The standard InChI is InChI=1S/C17H21NOS/c1-2-18-16-9-10-19-12-17(16)20-15-8-7-13-5-3-4-6-14(13)11-15/h3-8,11,16-18H,2,9-10,12H2,1H3. The second-order valence-corrected chi connectivity index (χ2v) is 6.51. The average molecular weight is 287 g/mol. The highest BCUT2D eigenvalue weighted by Gasteiger charge is 2.25. The van der Waals surface area contributed by atoms with E-state index < -0.39 is 0 Å². The van der Waals surface area contributed by atoms with Crippen molar-refractivity contribution in [1.29, 1.82) is 0 Å². The van der Waals surface area contributed by atoms with Gasteiger partial charge in [0.2, 0.25) is 0 Å². The van der Waals surface area contributed by atoms with E-state index in [-0.39, 0.29) is 0 Å². The van der Waals surface area contributed by atoms with Crippen molar-refractivity contribution in [3.63, 3.8) is 0 Å². The summed E-state index contributed by atoms with van der Waals surface area (Å²) in [6.07, 6.45) is 1.11. The molecule has 2 aromatic rings. The Morgan fingerprint density at radius 2 is 2.05 bits per heavy atom. The smallest absolute Gasteiger partial charge is 0.0603 e. The van der Waals surface area contributed by atoms with Crippen molar-refractivity contribution in [3.05, 3.63) is 42.5 Å². The molecule has 0 bridgehead atoms. The summed E-state index contributed by atoms with van der Waals surface area (Å²) < 4.78 is 5.66. The molecule has 3 rings (SSSR count). The first-order valence-corrected chi connectivity index (χ1v) is 8.21. The quantitative estimate of drug-likeness (QED) is 0.926. The fourth-order valence-electron chi connectivity index (χ4n) is 2.74. The first kappa shape index (κ1) is 13.9. The first-order chi connectivity index (χ1) is 9.86. The van der Waals surface area contributed by atoms with Crippen LogP contribution >= 0.6 is 11.8 Å². The van der Waals surface area contributed by atoms with Crippen LogP contribution < -0.4 is 5.32 Å². The molecule has 0 aliphatic carbocycles. The van der Waals surface area contributed by atoms with Crippen LogP contribution in [0.4, 0.5) is 0 Å². The molecule has 0 spiro atoms. The zero-order chi connectivity index (χ0) is 13.8. The molecule has 1 fully saturated rings. The van der Waals surface area contributed by atoms with Crippen LogP contribution in [-0.2, 0) is 4.74 Å². The lowest BCUT2D eigenvalue weighted by atomic mass is 10.1. The molecule has 1 N–H and O–H groups in total. The van der Waals surface area contributed by atoms with Crippen molar-refractivity contribution >= 4 is 22.5 Å². The Labute approximate surface area is 124 Å².